The van der Waals surface area contributed by atoms with E-state index in [0.717, 1.165) is 30.0 Å². The Morgan fingerprint density at radius 1 is 1.09 bits per heavy atom. The molecule has 0 N–H and O–H groups in total. The summed E-state index contributed by atoms with van der Waals surface area (Å²) < 4.78 is 32.9. The van der Waals surface area contributed by atoms with Crippen molar-refractivity contribution in [2.75, 3.05) is 23.0 Å². The molecule has 2 aliphatic carbocycles. The zero-order chi connectivity index (χ0) is 23.5. The van der Waals surface area contributed by atoms with E-state index in [2.05, 4.69) is 0 Å². The lowest BCUT2D eigenvalue weighted by atomic mass is 9.70. The van der Waals surface area contributed by atoms with Gasteiger partial charge in [-0.2, -0.15) is 8.42 Å². The maximum absolute atomic E-state index is 13.4. The van der Waals surface area contributed by atoms with Crippen LogP contribution in [0.5, 0.6) is 0 Å². The molecule has 1 aliphatic heterocycles. The van der Waals surface area contributed by atoms with Crippen molar-refractivity contribution in [2.45, 2.75) is 46.0 Å². The summed E-state index contributed by atoms with van der Waals surface area (Å²) in [6, 6.07) is 13.4. The van der Waals surface area contributed by atoms with Crippen LogP contribution in [0.15, 0.2) is 42.5 Å². The molecule has 5 nitrogen and oxygen atoms in total. The molecule has 1 heterocycles. The first kappa shape index (κ1) is 23.1. The highest BCUT2D eigenvalue weighted by atomic mass is 32.3. The van der Waals surface area contributed by atoms with Crippen LogP contribution < -0.4 is 0 Å². The minimum atomic E-state index is -3.96. The fourth-order valence-corrected chi connectivity index (χ4v) is 13.1. The Kier molecular flexibility index (Phi) is 5.54. The first-order chi connectivity index (χ1) is 15.6. The molecular weight excluding hydrogens is 456 g/mol. The van der Waals surface area contributed by atoms with E-state index in [-0.39, 0.29) is 34.4 Å². The van der Waals surface area contributed by atoms with E-state index >= 15 is 0 Å². The number of rotatable bonds is 7. The van der Waals surface area contributed by atoms with Gasteiger partial charge in [-0.1, -0.05) is 56.3 Å². The van der Waals surface area contributed by atoms with E-state index < -0.39 is 25.8 Å². The molecule has 2 aromatic rings. The highest BCUT2D eigenvalue weighted by molar-refractivity contribution is 8.33. The molecule has 3 fully saturated rings. The topological polar surface area (TPSA) is 77.5 Å². The van der Waals surface area contributed by atoms with Gasteiger partial charge in [-0.05, 0) is 47.8 Å². The molecule has 7 heteroatoms. The van der Waals surface area contributed by atoms with Crippen LogP contribution in [0.1, 0.15) is 56.3 Å². The van der Waals surface area contributed by atoms with Crippen LogP contribution in [0, 0.1) is 16.7 Å². The summed E-state index contributed by atoms with van der Waals surface area (Å²) in [7, 11) is -6.06. The fourth-order valence-electron chi connectivity index (χ4n) is 6.51. The van der Waals surface area contributed by atoms with Gasteiger partial charge in [-0.15, -0.1) is 10.3 Å². The number of carbonyl (C=O) groups is 2. The Morgan fingerprint density at radius 3 is 2.45 bits per heavy atom. The van der Waals surface area contributed by atoms with Gasteiger partial charge in [-0.25, -0.2) is 3.63 Å². The Balaban J connectivity index is 1.41. The summed E-state index contributed by atoms with van der Waals surface area (Å²) in [6.45, 7) is 4.07. The van der Waals surface area contributed by atoms with Crippen molar-refractivity contribution in [2.24, 2.45) is 16.7 Å². The Morgan fingerprint density at radius 2 is 1.79 bits per heavy atom. The maximum atomic E-state index is 13.4. The monoisotopic (exact) mass is 488 g/mol. The fraction of sp³-hybridized carbons (Fsp3) is 0.538. The molecule has 0 spiro atoms. The van der Waals surface area contributed by atoms with Gasteiger partial charge in [0.2, 0.25) is 0 Å². The summed E-state index contributed by atoms with van der Waals surface area (Å²) in [4.78, 5) is 26.3. The average Bonchev–Trinajstić information content (AvgIpc) is 3.35. The van der Waals surface area contributed by atoms with Crippen molar-refractivity contribution in [1.82, 2.24) is 0 Å². The van der Waals surface area contributed by atoms with Crippen molar-refractivity contribution < 1.29 is 21.6 Å². The van der Waals surface area contributed by atoms with Crippen LogP contribution in [0.25, 0.3) is 10.8 Å². The highest BCUT2D eigenvalue weighted by Gasteiger charge is 2.65. The Hall–Kier alpha value is -1.70. The SMILES string of the molecule is CC1(C)C2CCC1(CS(=O)(=O)OS1(CC(=O)c3cccc4ccccc34)CCCC1)C(=O)C2. The number of carbonyl (C=O) groups excluding carboxylic acids is 2. The van der Waals surface area contributed by atoms with Crippen molar-refractivity contribution >= 4 is 42.8 Å². The zero-order valence-corrected chi connectivity index (χ0v) is 21.0. The second-order valence-corrected chi connectivity index (χ2v) is 15.6. The molecule has 2 saturated carbocycles. The third-order valence-corrected chi connectivity index (χ3v) is 14.3. The minimum absolute atomic E-state index is 0.0599. The third-order valence-electron chi connectivity index (χ3n) is 8.58. The lowest BCUT2D eigenvalue weighted by Crippen LogP contribution is -2.43. The Bertz CT molecular complexity index is 1220. The van der Waals surface area contributed by atoms with Crippen LogP contribution in [0.2, 0.25) is 0 Å². The molecule has 178 valence electrons. The molecule has 0 radical (unpaired) electrons. The van der Waals surface area contributed by atoms with E-state index in [1.807, 2.05) is 56.3 Å². The van der Waals surface area contributed by atoms with Gasteiger partial charge in [0, 0.05) is 23.5 Å². The first-order valence-corrected chi connectivity index (χ1v) is 15.5. The van der Waals surface area contributed by atoms with Crippen LogP contribution in [-0.2, 0) is 18.5 Å². The van der Waals surface area contributed by atoms with E-state index in [1.54, 1.807) is 0 Å². The number of hydrogen-bond donors (Lipinski definition) is 0. The van der Waals surface area contributed by atoms with Gasteiger partial charge >= 0.3 is 0 Å². The molecular formula is C26H32O5S2. The predicted molar refractivity (Wildman–Crippen MR) is 133 cm³/mol. The number of Topliss-reactive ketones (excluding diaryl/α,β-unsaturated/α-hetero) is 2. The molecule has 2 unspecified atom stereocenters. The summed E-state index contributed by atoms with van der Waals surface area (Å²) >= 11 is 0. The van der Waals surface area contributed by atoms with Gasteiger partial charge in [0.1, 0.15) is 5.78 Å². The highest BCUT2D eigenvalue weighted by Crippen LogP contribution is 2.65. The second-order valence-electron chi connectivity index (χ2n) is 10.6. The van der Waals surface area contributed by atoms with Crippen molar-refractivity contribution in [3.05, 3.63) is 48.0 Å². The van der Waals surface area contributed by atoms with Crippen molar-refractivity contribution in [3.8, 4) is 0 Å². The van der Waals surface area contributed by atoms with Crippen LogP contribution >= 0.6 is 10.3 Å². The first-order valence-electron chi connectivity index (χ1n) is 11.8. The van der Waals surface area contributed by atoms with E-state index in [9.17, 15) is 18.0 Å². The number of benzene rings is 2. The summed E-state index contributed by atoms with van der Waals surface area (Å²) in [6.07, 6.45) is 3.71. The smallest absolute Gasteiger partial charge is 0.277 e. The Labute approximate surface area is 197 Å². The summed E-state index contributed by atoms with van der Waals surface area (Å²) in [5.41, 5.74) is -0.565. The number of fused-ring (bicyclic) bond motifs is 3. The average molecular weight is 489 g/mol. The standard InChI is InChI=1S/C26H32O5S2/c1-25(2)20-12-13-26(25,24(28)16-20)18-33(29,30)31-32(14-5-6-15-32)17-23(27)22-11-7-9-19-8-3-4-10-21(19)22/h3-4,7-11,20H,5-6,12-18H2,1-2H3. The minimum Gasteiger partial charge on any atom is -0.299 e. The molecule has 2 atom stereocenters. The van der Waals surface area contributed by atoms with Crippen LogP contribution in [-0.4, -0.2) is 43.0 Å². The third kappa shape index (κ3) is 3.76. The largest absolute Gasteiger partial charge is 0.299 e. The lowest BCUT2D eigenvalue weighted by Gasteiger charge is -2.38. The molecule has 2 aromatic carbocycles. The normalized spacial score (nSPS) is 28.9. The van der Waals surface area contributed by atoms with Crippen molar-refractivity contribution in [1.29, 1.82) is 0 Å². The molecule has 3 aliphatic rings. The van der Waals surface area contributed by atoms with Gasteiger partial charge in [0.05, 0.1) is 16.9 Å². The van der Waals surface area contributed by atoms with E-state index in [4.69, 9.17) is 3.63 Å². The van der Waals surface area contributed by atoms with Gasteiger partial charge in [0.25, 0.3) is 10.1 Å². The predicted octanol–water partition coefficient (Wildman–Crippen LogP) is 5.28. The van der Waals surface area contributed by atoms with E-state index in [0.29, 0.717) is 29.9 Å². The summed E-state index contributed by atoms with van der Waals surface area (Å²) in [5.74, 6) is 1.37. The molecule has 0 aromatic heterocycles. The summed E-state index contributed by atoms with van der Waals surface area (Å²) in [5, 5.41) is 1.87. The molecule has 5 rings (SSSR count). The van der Waals surface area contributed by atoms with Gasteiger partial charge in [0.15, 0.2) is 5.78 Å². The molecule has 1 saturated heterocycles. The van der Waals surface area contributed by atoms with Crippen LogP contribution in [0.3, 0.4) is 0 Å². The van der Waals surface area contributed by atoms with E-state index in [1.165, 1.54) is 0 Å². The zero-order valence-electron chi connectivity index (χ0n) is 19.3. The molecule has 2 bridgehead atoms. The van der Waals surface area contributed by atoms with Gasteiger partial charge in [-0.3, -0.25) is 9.59 Å². The second kappa shape index (κ2) is 7.92. The quantitative estimate of drug-likeness (QED) is 0.496. The lowest BCUT2D eigenvalue weighted by molar-refractivity contribution is -0.128. The van der Waals surface area contributed by atoms with Crippen LogP contribution in [0.4, 0.5) is 0 Å². The maximum Gasteiger partial charge on any atom is 0.277 e. The molecule has 0 amide bonds. The van der Waals surface area contributed by atoms with Crippen molar-refractivity contribution in [3.63, 3.8) is 0 Å². The number of hydrogen-bond acceptors (Lipinski definition) is 5. The molecule has 33 heavy (non-hydrogen) atoms. The number of ketones is 2. The van der Waals surface area contributed by atoms with Gasteiger partial charge < -0.3 is 0 Å².